The van der Waals surface area contributed by atoms with Crippen molar-refractivity contribution in [3.05, 3.63) is 59.7 Å². The largest absolute Gasteiger partial charge is 0.439 e. The van der Waals surface area contributed by atoms with Crippen LogP contribution in [0.15, 0.2) is 48.5 Å². The molecule has 0 atom stereocenters. The minimum atomic E-state index is 0.388. The van der Waals surface area contributed by atoms with Gasteiger partial charge in [0.1, 0.15) is 11.8 Å². The summed E-state index contributed by atoms with van der Waals surface area (Å²) in [6.07, 6.45) is 0. The molecule has 1 aromatic heterocycles. The van der Waals surface area contributed by atoms with E-state index in [1.807, 2.05) is 43.3 Å². The molecule has 0 bridgehead atoms. The van der Waals surface area contributed by atoms with Crippen LogP contribution in [0.4, 0.5) is 5.69 Å². The molecule has 0 radical (unpaired) electrons. The van der Waals surface area contributed by atoms with E-state index in [1.165, 1.54) is 0 Å². The van der Waals surface area contributed by atoms with Crippen molar-refractivity contribution >= 4 is 16.6 Å². The molecule has 0 aliphatic carbocycles. The number of pyridine rings is 1. The summed E-state index contributed by atoms with van der Waals surface area (Å²) in [5, 5.41) is 10.1. The molecule has 4 nitrogen and oxygen atoms in total. The minimum Gasteiger partial charge on any atom is -0.439 e. The van der Waals surface area contributed by atoms with Gasteiger partial charge in [-0.2, -0.15) is 5.26 Å². The Morgan fingerprint density at radius 2 is 1.95 bits per heavy atom. The zero-order chi connectivity index (χ0) is 14.8. The first kappa shape index (κ1) is 12.9. The van der Waals surface area contributed by atoms with E-state index in [4.69, 9.17) is 10.5 Å². The van der Waals surface area contributed by atoms with Crippen LogP contribution < -0.4 is 10.5 Å². The number of aryl methyl sites for hydroxylation is 1. The van der Waals surface area contributed by atoms with Crippen molar-refractivity contribution in [3.63, 3.8) is 0 Å². The molecule has 4 heteroatoms. The number of aromatic nitrogens is 1. The summed E-state index contributed by atoms with van der Waals surface area (Å²) >= 11 is 0. The van der Waals surface area contributed by atoms with Crippen LogP contribution in [-0.2, 0) is 0 Å². The van der Waals surface area contributed by atoms with Crippen LogP contribution in [0.5, 0.6) is 11.6 Å². The fourth-order valence-corrected chi connectivity index (χ4v) is 2.14. The molecule has 0 aliphatic heterocycles. The van der Waals surface area contributed by atoms with Crippen molar-refractivity contribution < 1.29 is 4.74 Å². The first-order valence-corrected chi connectivity index (χ1v) is 6.51. The lowest BCUT2D eigenvalue weighted by Crippen LogP contribution is -1.94. The van der Waals surface area contributed by atoms with Crippen LogP contribution >= 0.6 is 0 Å². The highest BCUT2D eigenvalue weighted by Gasteiger charge is 2.08. The molecule has 0 saturated heterocycles. The molecule has 0 unspecified atom stereocenters. The Balaban J connectivity index is 2.09. The van der Waals surface area contributed by atoms with Gasteiger partial charge in [-0.25, -0.2) is 4.98 Å². The lowest BCUT2D eigenvalue weighted by atomic mass is 10.1. The average Bonchev–Trinajstić information content (AvgIpc) is 2.50. The van der Waals surface area contributed by atoms with E-state index in [0.29, 0.717) is 22.9 Å². The molecular formula is C17H13N3O. The number of anilines is 1. The maximum Gasteiger partial charge on any atom is 0.221 e. The van der Waals surface area contributed by atoms with Gasteiger partial charge in [-0.05, 0) is 24.6 Å². The van der Waals surface area contributed by atoms with E-state index in [2.05, 4.69) is 11.1 Å². The lowest BCUT2D eigenvalue weighted by molar-refractivity contribution is 0.462. The molecule has 0 saturated carbocycles. The molecule has 0 spiro atoms. The lowest BCUT2D eigenvalue weighted by Gasteiger charge is -2.10. The highest BCUT2D eigenvalue weighted by molar-refractivity contribution is 5.85. The highest BCUT2D eigenvalue weighted by atomic mass is 16.5. The van der Waals surface area contributed by atoms with E-state index in [-0.39, 0.29) is 0 Å². The standard InChI is InChI=1S/C17H13N3O/c1-11-6-7-13(19)9-16(11)21-17-8-12(10-18)14-4-2-3-5-15(14)20-17/h2-9H,19H2,1H3. The molecular weight excluding hydrogens is 262 g/mol. The number of fused-ring (bicyclic) bond motifs is 1. The van der Waals surface area contributed by atoms with Gasteiger partial charge >= 0.3 is 0 Å². The Hall–Kier alpha value is -3.06. The quantitative estimate of drug-likeness (QED) is 0.722. The van der Waals surface area contributed by atoms with Crippen LogP contribution in [0.1, 0.15) is 11.1 Å². The first-order valence-electron chi connectivity index (χ1n) is 6.51. The molecule has 2 aromatic carbocycles. The number of rotatable bonds is 2. The Morgan fingerprint density at radius 1 is 1.14 bits per heavy atom. The summed E-state index contributed by atoms with van der Waals surface area (Å²) in [6, 6.07) is 16.8. The third-order valence-corrected chi connectivity index (χ3v) is 3.24. The summed E-state index contributed by atoms with van der Waals surface area (Å²) in [4.78, 5) is 4.44. The highest BCUT2D eigenvalue weighted by Crippen LogP contribution is 2.28. The van der Waals surface area contributed by atoms with Crippen molar-refractivity contribution in [2.45, 2.75) is 6.92 Å². The average molecular weight is 275 g/mol. The summed E-state index contributed by atoms with van der Waals surface area (Å²) in [6.45, 7) is 1.93. The van der Waals surface area contributed by atoms with Gasteiger partial charge in [0.15, 0.2) is 0 Å². The molecule has 0 aliphatic rings. The number of hydrogen-bond donors (Lipinski definition) is 1. The number of nitrogen functional groups attached to an aromatic ring is 1. The van der Waals surface area contributed by atoms with Crippen molar-refractivity contribution in [3.8, 4) is 17.7 Å². The molecule has 0 fully saturated rings. The van der Waals surface area contributed by atoms with Gasteiger partial charge in [-0.1, -0.05) is 24.3 Å². The predicted molar refractivity (Wildman–Crippen MR) is 82.1 cm³/mol. The number of nitrogens with zero attached hydrogens (tertiary/aromatic N) is 2. The van der Waals surface area contributed by atoms with Crippen molar-refractivity contribution in [1.82, 2.24) is 4.98 Å². The molecule has 2 N–H and O–H groups in total. The minimum absolute atomic E-state index is 0.388. The number of ether oxygens (including phenoxy) is 1. The smallest absolute Gasteiger partial charge is 0.221 e. The Kier molecular flexibility index (Phi) is 3.17. The van der Waals surface area contributed by atoms with Gasteiger partial charge < -0.3 is 10.5 Å². The van der Waals surface area contributed by atoms with Gasteiger partial charge in [0.05, 0.1) is 11.1 Å². The second kappa shape index (κ2) is 5.14. The second-order valence-electron chi connectivity index (χ2n) is 4.76. The van der Waals surface area contributed by atoms with Gasteiger partial charge in [0.2, 0.25) is 5.88 Å². The summed E-state index contributed by atoms with van der Waals surface area (Å²) in [5.74, 6) is 1.03. The number of nitriles is 1. The van der Waals surface area contributed by atoms with Crippen LogP contribution in [-0.4, -0.2) is 4.98 Å². The van der Waals surface area contributed by atoms with E-state index in [0.717, 1.165) is 16.5 Å². The molecule has 3 aromatic rings. The molecule has 21 heavy (non-hydrogen) atoms. The van der Waals surface area contributed by atoms with Crippen molar-refractivity contribution in [2.75, 3.05) is 5.73 Å². The van der Waals surface area contributed by atoms with Crippen LogP contribution in [0.2, 0.25) is 0 Å². The Labute approximate surface area is 122 Å². The van der Waals surface area contributed by atoms with E-state index in [1.54, 1.807) is 12.1 Å². The van der Waals surface area contributed by atoms with E-state index >= 15 is 0 Å². The fourth-order valence-electron chi connectivity index (χ4n) is 2.14. The first-order chi connectivity index (χ1) is 10.2. The van der Waals surface area contributed by atoms with Gasteiger partial charge in [0, 0.05) is 23.2 Å². The zero-order valence-electron chi connectivity index (χ0n) is 11.5. The number of nitrogens with two attached hydrogens (primary N) is 1. The van der Waals surface area contributed by atoms with Crippen LogP contribution in [0.3, 0.4) is 0 Å². The molecule has 102 valence electrons. The Morgan fingerprint density at radius 3 is 2.76 bits per heavy atom. The van der Waals surface area contributed by atoms with E-state index < -0.39 is 0 Å². The maximum absolute atomic E-state index is 9.27. The monoisotopic (exact) mass is 275 g/mol. The van der Waals surface area contributed by atoms with Gasteiger partial charge in [-0.15, -0.1) is 0 Å². The number of benzene rings is 2. The summed E-state index contributed by atoms with van der Waals surface area (Å²) < 4.78 is 5.80. The van der Waals surface area contributed by atoms with Crippen molar-refractivity contribution in [1.29, 1.82) is 5.26 Å². The zero-order valence-corrected chi connectivity index (χ0v) is 11.5. The molecule has 1 heterocycles. The SMILES string of the molecule is Cc1ccc(N)cc1Oc1cc(C#N)c2ccccc2n1. The fraction of sp³-hybridized carbons (Fsp3) is 0.0588. The van der Waals surface area contributed by atoms with Gasteiger partial charge in [-0.3, -0.25) is 0 Å². The van der Waals surface area contributed by atoms with Gasteiger partial charge in [0.25, 0.3) is 0 Å². The Bertz CT molecular complexity index is 866. The van der Waals surface area contributed by atoms with Crippen molar-refractivity contribution in [2.24, 2.45) is 0 Å². The third-order valence-electron chi connectivity index (χ3n) is 3.24. The second-order valence-corrected chi connectivity index (χ2v) is 4.76. The predicted octanol–water partition coefficient (Wildman–Crippen LogP) is 3.79. The number of hydrogen-bond acceptors (Lipinski definition) is 4. The number of para-hydroxylation sites is 1. The third kappa shape index (κ3) is 2.49. The van der Waals surface area contributed by atoms with E-state index in [9.17, 15) is 5.26 Å². The normalized spacial score (nSPS) is 10.3. The molecule has 3 rings (SSSR count). The summed E-state index contributed by atoms with van der Waals surface area (Å²) in [7, 11) is 0. The summed E-state index contributed by atoms with van der Waals surface area (Å²) in [5.41, 5.74) is 8.62. The van der Waals surface area contributed by atoms with Crippen LogP contribution in [0, 0.1) is 18.3 Å². The topological polar surface area (TPSA) is 71.9 Å². The maximum atomic E-state index is 9.27. The van der Waals surface area contributed by atoms with Crippen LogP contribution in [0.25, 0.3) is 10.9 Å². The molecule has 0 amide bonds.